The standard InChI is InChI=1S/C20H28N2O4/c1-17(2)11-5-7-19(17,15(23)24)13(9-11)21-22-14-10-12-6-8-20(14,16(25)26)18(12,3)4/h11-12H,5-10H2,1-4H3,(H,23,24)(H,25,26)/b21-13+,22-14+. The van der Waals surface area contributed by atoms with Gasteiger partial charge < -0.3 is 10.2 Å². The molecule has 4 saturated carbocycles. The van der Waals surface area contributed by atoms with E-state index in [-0.39, 0.29) is 10.8 Å². The predicted molar refractivity (Wildman–Crippen MR) is 97.3 cm³/mol. The number of fused-ring (bicyclic) bond motifs is 4. The Hall–Kier alpha value is -1.72. The molecule has 4 bridgehead atoms. The van der Waals surface area contributed by atoms with Crippen molar-refractivity contribution in [3.63, 3.8) is 0 Å². The molecule has 0 amide bonds. The van der Waals surface area contributed by atoms with Crippen LogP contribution in [0.3, 0.4) is 0 Å². The van der Waals surface area contributed by atoms with E-state index in [1.165, 1.54) is 0 Å². The topological polar surface area (TPSA) is 99.3 Å². The van der Waals surface area contributed by atoms with Crippen molar-refractivity contribution in [3.8, 4) is 0 Å². The van der Waals surface area contributed by atoms with Gasteiger partial charge in [0.1, 0.15) is 10.8 Å². The van der Waals surface area contributed by atoms with Crippen LogP contribution in [0.25, 0.3) is 0 Å². The van der Waals surface area contributed by atoms with Gasteiger partial charge in [-0.15, -0.1) is 0 Å². The van der Waals surface area contributed by atoms with E-state index in [1.807, 2.05) is 27.7 Å². The van der Waals surface area contributed by atoms with E-state index in [4.69, 9.17) is 0 Å². The molecular formula is C20H28N2O4. The second kappa shape index (κ2) is 4.96. The van der Waals surface area contributed by atoms with Gasteiger partial charge in [0, 0.05) is 0 Å². The Kier molecular flexibility index (Phi) is 3.37. The number of hydrogen-bond donors (Lipinski definition) is 2. The Bertz CT molecular complexity index is 702. The van der Waals surface area contributed by atoms with Crippen molar-refractivity contribution >= 4 is 23.4 Å². The molecule has 0 radical (unpaired) electrons. The number of carboxylic acids is 2. The van der Waals surface area contributed by atoms with E-state index in [0.29, 0.717) is 48.9 Å². The number of rotatable bonds is 3. The molecule has 0 aliphatic heterocycles. The monoisotopic (exact) mass is 360 g/mol. The molecule has 0 aromatic rings. The SMILES string of the molecule is CC1(C)C2CCC1(C(=O)O)/C(=N/N=C1\CC3CCC1(C(=O)O)C3(C)C)C2. The Morgan fingerprint density at radius 1 is 0.808 bits per heavy atom. The third-order valence-corrected chi connectivity index (χ3v) is 8.86. The van der Waals surface area contributed by atoms with Gasteiger partial charge >= 0.3 is 11.9 Å². The minimum atomic E-state index is -0.953. The van der Waals surface area contributed by atoms with Crippen molar-refractivity contribution < 1.29 is 19.8 Å². The van der Waals surface area contributed by atoms with Crippen LogP contribution < -0.4 is 0 Å². The number of aliphatic carboxylic acids is 2. The van der Waals surface area contributed by atoms with Crippen LogP contribution in [0.4, 0.5) is 0 Å². The highest BCUT2D eigenvalue weighted by Gasteiger charge is 2.69. The summed E-state index contributed by atoms with van der Waals surface area (Å²) in [5, 5.41) is 28.9. The summed E-state index contributed by atoms with van der Waals surface area (Å²) in [4.78, 5) is 24.4. The number of nitrogens with zero attached hydrogens (tertiary/aromatic N) is 2. The lowest BCUT2D eigenvalue weighted by atomic mass is 9.68. The van der Waals surface area contributed by atoms with Crippen LogP contribution in [0.2, 0.25) is 0 Å². The highest BCUT2D eigenvalue weighted by atomic mass is 16.4. The molecule has 2 N–H and O–H groups in total. The lowest BCUT2D eigenvalue weighted by Gasteiger charge is -2.34. The average molecular weight is 360 g/mol. The van der Waals surface area contributed by atoms with E-state index < -0.39 is 22.8 Å². The molecule has 0 aromatic heterocycles. The molecular weight excluding hydrogens is 332 g/mol. The van der Waals surface area contributed by atoms with Gasteiger partial charge in [0.25, 0.3) is 0 Å². The summed E-state index contributed by atoms with van der Waals surface area (Å²) in [7, 11) is 0. The first kappa shape index (κ1) is 17.7. The maximum Gasteiger partial charge on any atom is 0.316 e. The number of carbonyl (C=O) groups is 2. The molecule has 0 saturated heterocycles. The fourth-order valence-electron chi connectivity index (χ4n) is 6.79. The molecule has 4 atom stereocenters. The molecule has 0 spiro atoms. The van der Waals surface area contributed by atoms with Crippen molar-refractivity contribution in [1.29, 1.82) is 0 Å². The summed E-state index contributed by atoms with van der Waals surface area (Å²) in [5.41, 5.74) is -1.30. The van der Waals surface area contributed by atoms with Crippen LogP contribution in [-0.4, -0.2) is 33.6 Å². The molecule has 6 nitrogen and oxygen atoms in total. The van der Waals surface area contributed by atoms with E-state index in [1.54, 1.807) is 0 Å². The molecule has 4 aliphatic rings. The van der Waals surface area contributed by atoms with E-state index in [2.05, 4.69) is 10.2 Å². The van der Waals surface area contributed by atoms with Crippen molar-refractivity contribution in [1.82, 2.24) is 0 Å². The summed E-state index contributed by atoms with van der Waals surface area (Å²) < 4.78 is 0. The van der Waals surface area contributed by atoms with Crippen molar-refractivity contribution in [3.05, 3.63) is 0 Å². The molecule has 142 valence electrons. The van der Waals surface area contributed by atoms with Crippen molar-refractivity contribution in [2.45, 2.75) is 66.2 Å². The maximum absolute atomic E-state index is 12.2. The van der Waals surface area contributed by atoms with Gasteiger partial charge in [0.15, 0.2) is 0 Å². The largest absolute Gasteiger partial charge is 0.481 e. The van der Waals surface area contributed by atoms with Crippen molar-refractivity contribution in [2.75, 3.05) is 0 Å². The van der Waals surface area contributed by atoms with Gasteiger partial charge in [0.2, 0.25) is 0 Å². The first-order chi connectivity index (χ1) is 12.0. The molecule has 4 aliphatic carbocycles. The first-order valence-electron chi connectivity index (χ1n) is 9.63. The van der Waals surface area contributed by atoms with E-state index in [0.717, 1.165) is 12.8 Å². The zero-order valence-electron chi connectivity index (χ0n) is 16.0. The molecule has 0 heterocycles. The maximum atomic E-state index is 12.2. The zero-order chi connectivity index (χ0) is 19.1. The summed E-state index contributed by atoms with van der Waals surface area (Å²) in [6, 6.07) is 0. The average Bonchev–Trinajstić information content (AvgIpc) is 3.14. The third-order valence-electron chi connectivity index (χ3n) is 8.86. The van der Waals surface area contributed by atoms with Gasteiger partial charge in [-0.1, -0.05) is 27.7 Å². The number of carboxylic acid groups (broad SMARTS) is 2. The molecule has 4 fully saturated rings. The van der Waals surface area contributed by atoms with Gasteiger partial charge in [0.05, 0.1) is 11.4 Å². The summed E-state index contributed by atoms with van der Waals surface area (Å²) in [5.74, 6) is -1.02. The molecule has 26 heavy (non-hydrogen) atoms. The lowest BCUT2D eigenvalue weighted by molar-refractivity contribution is -0.149. The Morgan fingerprint density at radius 2 is 1.15 bits per heavy atom. The quantitative estimate of drug-likeness (QED) is 0.751. The van der Waals surface area contributed by atoms with Gasteiger partial charge in [-0.2, -0.15) is 10.2 Å². The smallest absolute Gasteiger partial charge is 0.316 e. The second-order valence-corrected chi connectivity index (χ2v) is 9.84. The van der Waals surface area contributed by atoms with Crippen LogP contribution in [0.5, 0.6) is 0 Å². The minimum absolute atomic E-state index is 0.308. The van der Waals surface area contributed by atoms with Crippen LogP contribution in [0, 0.1) is 33.5 Å². The normalized spacial score (nSPS) is 44.9. The Labute approximate surface area is 153 Å². The molecule has 4 rings (SSSR count). The summed E-state index contributed by atoms with van der Waals surface area (Å²) in [6.07, 6.45) is 4.32. The Balaban J connectivity index is 1.77. The summed E-state index contributed by atoms with van der Waals surface area (Å²) >= 11 is 0. The van der Waals surface area contributed by atoms with Crippen LogP contribution in [0.1, 0.15) is 66.2 Å². The fraction of sp³-hybridized carbons (Fsp3) is 0.800. The lowest BCUT2D eigenvalue weighted by Crippen LogP contribution is -2.44. The van der Waals surface area contributed by atoms with Gasteiger partial charge in [-0.05, 0) is 61.2 Å². The van der Waals surface area contributed by atoms with Crippen LogP contribution in [0.15, 0.2) is 10.2 Å². The predicted octanol–water partition coefficient (Wildman–Crippen LogP) is 3.61. The Morgan fingerprint density at radius 3 is 1.42 bits per heavy atom. The first-order valence-corrected chi connectivity index (χ1v) is 9.63. The molecule has 0 aromatic carbocycles. The molecule has 6 heteroatoms. The van der Waals surface area contributed by atoms with Gasteiger partial charge in [-0.3, -0.25) is 9.59 Å². The van der Waals surface area contributed by atoms with Gasteiger partial charge in [-0.25, -0.2) is 0 Å². The summed E-state index contributed by atoms with van der Waals surface area (Å²) in [6.45, 7) is 8.09. The number of hydrogen-bond acceptors (Lipinski definition) is 4. The van der Waals surface area contributed by atoms with E-state index in [9.17, 15) is 19.8 Å². The zero-order valence-corrected chi connectivity index (χ0v) is 16.0. The molecule has 4 unspecified atom stereocenters. The third kappa shape index (κ3) is 1.69. The van der Waals surface area contributed by atoms with Crippen LogP contribution >= 0.6 is 0 Å². The highest BCUT2D eigenvalue weighted by molar-refractivity contribution is 6.12. The second-order valence-electron chi connectivity index (χ2n) is 9.84. The minimum Gasteiger partial charge on any atom is -0.481 e. The highest BCUT2D eigenvalue weighted by Crippen LogP contribution is 2.66. The van der Waals surface area contributed by atoms with E-state index >= 15 is 0 Å². The fourth-order valence-corrected chi connectivity index (χ4v) is 6.79. The van der Waals surface area contributed by atoms with Crippen molar-refractivity contribution in [2.24, 2.45) is 43.7 Å². The van der Waals surface area contributed by atoms with Crippen LogP contribution in [-0.2, 0) is 9.59 Å².